The van der Waals surface area contributed by atoms with Crippen LogP contribution in [0, 0.1) is 0 Å². The van der Waals surface area contributed by atoms with Crippen LogP contribution < -0.4 is 5.32 Å². The molecule has 0 radical (unpaired) electrons. The Morgan fingerprint density at radius 1 is 1.33 bits per heavy atom. The third kappa shape index (κ3) is 6.67. The summed E-state index contributed by atoms with van der Waals surface area (Å²) in [4.78, 5) is 0. The molecule has 0 fully saturated rings. The molecule has 8 heteroatoms. The van der Waals surface area contributed by atoms with Crippen LogP contribution in [-0.2, 0) is 22.6 Å². The number of sulfone groups is 1. The third-order valence-electron chi connectivity index (χ3n) is 2.94. The summed E-state index contributed by atoms with van der Waals surface area (Å²) in [5.41, 5.74) is -0.426. The van der Waals surface area contributed by atoms with Crippen molar-refractivity contribution in [3.63, 3.8) is 0 Å². The summed E-state index contributed by atoms with van der Waals surface area (Å²) in [5.74, 6) is 0.0253. The zero-order chi connectivity index (χ0) is 16.3. The lowest BCUT2D eigenvalue weighted by atomic mass is 10.1. The van der Waals surface area contributed by atoms with Gasteiger partial charge < -0.3 is 5.32 Å². The molecule has 0 aromatic heterocycles. The topological polar surface area (TPSA) is 46.2 Å². The smallest absolute Gasteiger partial charge is 0.310 e. The van der Waals surface area contributed by atoms with Crippen LogP contribution in [0.25, 0.3) is 0 Å². The van der Waals surface area contributed by atoms with E-state index >= 15 is 0 Å². The van der Waals surface area contributed by atoms with Crippen molar-refractivity contribution in [1.29, 1.82) is 0 Å². The van der Waals surface area contributed by atoms with E-state index in [1.165, 1.54) is 6.07 Å². The van der Waals surface area contributed by atoms with E-state index in [9.17, 15) is 21.6 Å². The highest BCUT2D eigenvalue weighted by molar-refractivity contribution is 7.90. The molecule has 1 unspecified atom stereocenters. The Kier molecular flexibility index (Phi) is 6.07. The summed E-state index contributed by atoms with van der Waals surface area (Å²) in [6, 6.07) is 2.99. The molecule has 1 aromatic carbocycles. The summed E-state index contributed by atoms with van der Waals surface area (Å²) < 4.78 is 60.0. The van der Waals surface area contributed by atoms with Crippen molar-refractivity contribution in [3.05, 3.63) is 34.3 Å². The molecule has 1 aromatic rings. The van der Waals surface area contributed by atoms with Gasteiger partial charge in [0.2, 0.25) is 0 Å². The Morgan fingerprint density at radius 2 is 1.95 bits per heavy atom. The molecule has 0 spiro atoms. The monoisotopic (exact) mass is 343 g/mol. The van der Waals surface area contributed by atoms with Crippen LogP contribution in [0.15, 0.2) is 18.2 Å². The lowest BCUT2D eigenvalue weighted by molar-refractivity contribution is -0.137. The predicted octanol–water partition coefficient (Wildman–Crippen LogP) is 3.27. The number of nitrogens with one attached hydrogen (secondary N) is 1. The van der Waals surface area contributed by atoms with Crippen LogP contribution in [0.3, 0.4) is 0 Å². The molecule has 0 aliphatic rings. The van der Waals surface area contributed by atoms with Gasteiger partial charge in [-0.05, 0) is 37.1 Å². The van der Waals surface area contributed by atoms with Crippen LogP contribution in [0.2, 0.25) is 5.02 Å². The fourth-order valence-corrected chi connectivity index (χ4v) is 2.63. The van der Waals surface area contributed by atoms with Crippen molar-refractivity contribution in [2.45, 2.75) is 32.1 Å². The van der Waals surface area contributed by atoms with Gasteiger partial charge in [-0.15, -0.1) is 0 Å². The van der Waals surface area contributed by atoms with Crippen LogP contribution in [0.5, 0.6) is 0 Å². The van der Waals surface area contributed by atoms with Crippen molar-refractivity contribution in [2.24, 2.45) is 0 Å². The van der Waals surface area contributed by atoms with E-state index in [1.54, 1.807) is 6.92 Å². The van der Waals surface area contributed by atoms with Gasteiger partial charge in [0.15, 0.2) is 0 Å². The van der Waals surface area contributed by atoms with Gasteiger partial charge in [0.1, 0.15) is 9.84 Å². The zero-order valence-corrected chi connectivity index (χ0v) is 13.2. The predicted molar refractivity (Wildman–Crippen MR) is 77.1 cm³/mol. The molecule has 1 rings (SSSR count). The second-order valence-corrected chi connectivity index (χ2v) is 7.67. The van der Waals surface area contributed by atoms with E-state index in [0.717, 1.165) is 18.4 Å². The van der Waals surface area contributed by atoms with Gasteiger partial charge in [0.05, 0.1) is 11.3 Å². The Balaban J connectivity index is 2.67. The van der Waals surface area contributed by atoms with Crippen molar-refractivity contribution >= 4 is 21.4 Å². The van der Waals surface area contributed by atoms with E-state index in [2.05, 4.69) is 5.32 Å². The molecule has 0 saturated heterocycles. The average molecular weight is 344 g/mol. The van der Waals surface area contributed by atoms with Crippen LogP contribution >= 0.6 is 11.6 Å². The standard InChI is InChI=1S/C13H17ClF3NO2S/c1-9(5-6-21(2,19)20)18-8-10-7-11(13(15,16)17)3-4-12(10)14/h3-4,7,9,18H,5-6,8H2,1-2H3. The van der Waals surface area contributed by atoms with Crippen molar-refractivity contribution in [2.75, 3.05) is 12.0 Å². The molecule has 0 heterocycles. The van der Waals surface area contributed by atoms with Gasteiger partial charge in [-0.1, -0.05) is 11.6 Å². The number of hydrogen-bond donors (Lipinski definition) is 1. The number of alkyl halides is 3. The molecule has 1 N–H and O–H groups in total. The largest absolute Gasteiger partial charge is 0.416 e. The number of benzene rings is 1. The lowest BCUT2D eigenvalue weighted by Crippen LogP contribution is -2.28. The van der Waals surface area contributed by atoms with Crippen LogP contribution in [0.1, 0.15) is 24.5 Å². The summed E-state index contributed by atoms with van der Waals surface area (Å²) >= 11 is 5.88. The Hall–Kier alpha value is -0.790. The van der Waals surface area contributed by atoms with Gasteiger partial charge in [0, 0.05) is 23.9 Å². The van der Waals surface area contributed by atoms with Crippen molar-refractivity contribution in [3.8, 4) is 0 Å². The third-order valence-corrected chi connectivity index (χ3v) is 4.28. The van der Waals surface area contributed by atoms with Gasteiger partial charge in [-0.2, -0.15) is 13.2 Å². The maximum absolute atomic E-state index is 12.6. The first kappa shape index (κ1) is 18.3. The number of halogens is 4. The molecule has 0 bridgehead atoms. The van der Waals surface area contributed by atoms with Crippen molar-refractivity contribution in [1.82, 2.24) is 5.32 Å². The lowest BCUT2D eigenvalue weighted by Gasteiger charge is -2.15. The summed E-state index contributed by atoms with van der Waals surface area (Å²) in [7, 11) is -3.05. The Morgan fingerprint density at radius 3 is 2.48 bits per heavy atom. The Bertz CT molecular complexity index is 588. The van der Waals surface area contributed by atoms with E-state index in [4.69, 9.17) is 11.6 Å². The quantitative estimate of drug-likeness (QED) is 0.862. The highest BCUT2D eigenvalue weighted by Gasteiger charge is 2.30. The normalized spacial score (nSPS) is 14.2. The Labute approximate surface area is 127 Å². The van der Waals surface area contributed by atoms with Crippen LogP contribution in [0.4, 0.5) is 13.2 Å². The summed E-state index contributed by atoms with van der Waals surface area (Å²) in [6.45, 7) is 1.92. The molecule has 21 heavy (non-hydrogen) atoms. The maximum atomic E-state index is 12.6. The first-order chi connectivity index (χ1) is 9.49. The van der Waals surface area contributed by atoms with E-state index in [1.807, 2.05) is 0 Å². The molecule has 0 saturated carbocycles. The minimum absolute atomic E-state index is 0.0253. The van der Waals surface area contributed by atoms with Crippen LogP contribution in [-0.4, -0.2) is 26.5 Å². The maximum Gasteiger partial charge on any atom is 0.416 e. The van der Waals surface area contributed by atoms with E-state index in [0.29, 0.717) is 12.0 Å². The molecular formula is C13H17ClF3NO2S. The minimum Gasteiger partial charge on any atom is -0.310 e. The fraction of sp³-hybridized carbons (Fsp3) is 0.538. The highest BCUT2D eigenvalue weighted by atomic mass is 35.5. The number of rotatable bonds is 6. The summed E-state index contributed by atoms with van der Waals surface area (Å²) in [6.07, 6.45) is -2.89. The molecule has 0 amide bonds. The zero-order valence-electron chi connectivity index (χ0n) is 11.7. The van der Waals surface area contributed by atoms with Crippen molar-refractivity contribution < 1.29 is 21.6 Å². The second kappa shape index (κ2) is 6.98. The number of hydrogen-bond acceptors (Lipinski definition) is 3. The van der Waals surface area contributed by atoms with Gasteiger partial charge in [-0.25, -0.2) is 8.42 Å². The molecule has 0 aliphatic carbocycles. The minimum atomic E-state index is -4.42. The van der Waals surface area contributed by atoms with E-state index in [-0.39, 0.29) is 23.4 Å². The molecule has 1 atom stereocenters. The first-order valence-electron chi connectivity index (χ1n) is 6.26. The first-order valence-corrected chi connectivity index (χ1v) is 8.69. The summed E-state index contributed by atoms with van der Waals surface area (Å²) in [5, 5.41) is 3.22. The fourth-order valence-electron chi connectivity index (χ4n) is 1.66. The van der Waals surface area contributed by atoms with Gasteiger partial charge in [0.25, 0.3) is 0 Å². The SMILES string of the molecule is CC(CCS(C)(=O)=O)NCc1cc(C(F)(F)F)ccc1Cl. The average Bonchev–Trinajstić information content (AvgIpc) is 2.33. The molecule has 120 valence electrons. The second-order valence-electron chi connectivity index (χ2n) is 5.00. The highest BCUT2D eigenvalue weighted by Crippen LogP contribution is 2.31. The molecule has 3 nitrogen and oxygen atoms in total. The van der Waals surface area contributed by atoms with Gasteiger partial charge >= 0.3 is 6.18 Å². The van der Waals surface area contributed by atoms with Gasteiger partial charge in [-0.3, -0.25) is 0 Å². The van der Waals surface area contributed by atoms with E-state index < -0.39 is 21.6 Å². The molecule has 0 aliphatic heterocycles. The molecular weight excluding hydrogens is 327 g/mol.